The van der Waals surface area contributed by atoms with Crippen molar-refractivity contribution in [1.82, 2.24) is 4.31 Å². The molecule has 7 heteroatoms. The number of carbonyl (C=O) groups is 1. The van der Waals surface area contributed by atoms with Crippen molar-refractivity contribution >= 4 is 27.3 Å². The molecule has 0 aliphatic rings. The van der Waals surface area contributed by atoms with E-state index in [2.05, 4.69) is 0 Å². The Morgan fingerprint density at radius 1 is 1.35 bits per heavy atom. The molecule has 96 valence electrons. The van der Waals surface area contributed by atoms with Crippen LogP contribution in [0.1, 0.15) is 18.7 Å². The molecule has 0 aromatic carbocycles. The first kappa shape index (κ1) is 14.1. The monoisotopic (exact) mass is 277 g/mol. The molecule has 1 aromatic heterocycles. The first-order chi connectivity index (χ1) is 7.91. The zero-order valence-corrected chi connectivity index (χ0v) is 11.3. The zero-order valence-electron chi connectivity index (χ0n) is 9.71. The van der Waals surface area contributed by atoms with Gasteiger partial charge in [-0.1, -0.05) is 13.8 Å². The third kappa shape index (κ3) is 3.27. The minimum Gasteiger partial charge on any atom is -0.481 e. The van der Waals surface area contributed by atoms with Gasteiger partial charge in [0.05, 0.1) is 6.42 Å². The van der Waals surface area contributed by atoms with Crippen LogP contribution in [-0.2, 0) is 21.2 Å². The smallest absolute Gasteiger partial charge is 0.308 e. The largest absolute Gasteiger partial charge is 0.481 e. The standard InChI is InChI=1S/C10H15NO4S2/c1-3-11(4-2)17(14,15)10-6-5-8(16-10)7-9(12)13/h5-6H,3-4,7H2,1-2H3,(H,12,13). The van der Waals surface area contributed by atoms with Gasteiger partial charge in [-0.25, -0.2) is 8.42 Å². The van der Waals surface area contributed by atoms with Crippen LogP contribution in [0.15, 0.2) is 16.3 Å². The summed E-state index contributed by atoms with van der Waals surface area (Å²) in [6.45, 7) is 4.36. The van der Waals surface area contributed by atoms with Crippen molar-refractivity contribution in [3.05, 3.63) is 17.0 Å². The summed E-state index contributed by atoms with van der Waals surface area (Å²) < 4.78 is 25.7. The van der Waals surface area contributed by atoms with Crippen molar-refractivity contribution in [2.24, 2.45) is 0 Å². The average molecular weight is 277 g/mol. The van der Waals surface area contributed by atoms with Crippen LogP contribution >= 0.6 is 11.3 Å². The van der Waals surface area contributed by atoms with E-state index >= 15 is 0 Å². The van der Waals surface area contributed by atoms with E-state index in [1.54, 1.807) is 19.9 Å². The second kappa shape index (κ2) is 5.61. The van der Waals surface area contributed by atoms with Gasteiger partial charge in [-0.15, -0.1) is 11.3 Å². The molecule has 17 heavy (non-hydrogen) atoms. The summed E-state index contributed by atoms with van der Waals surface area (Å²) in [5, 5.41) is 8.63. The number of aliphatic carboxylic acids is 1. The summed E-state index contributed by atoms with van der Waals surface area (Å²) in [5.41, 5.74) is 0. The second-order valence-corrected chi connectivity index (χ2v) is 6.71. The maximum atomic E-state index is 12.1. The number of carboxylic acids is 1. The molecule has 5 nitrogen and oxygen atoms in total. The Kier molecular flexibility index (Phi) is 4.67. The predicted molar refractivity (Wildman–Crippen MR) is 65.8 cm³/mol. The summed E-state index contributed by atoms with van der Waals surface area (Å²) in [6.07, 6.45) is -0.140. The van der Waals surface area contributed by atoms with Gasteiger partial charge < -0.3 is 5.11 Å². The fraction of sp³-hybridized carbons (Fsp3) is 0.500. The lowest BCUT2D eigenvalue weighted by molar-refractivity contribution is -0.136. The third-order valence-electron chi connectivity index (χ3n) is 2.26. The Bertz CT molecular complexity index is 488. The van der Waals surface area contributed by atoms with Crippen LogP contribution in [0.2, 0.25) is 0 Å². The summed E-state index contributed by atoms with van der Waals surface area (Å²) in [5.74, 6) is -0.960. The van der Waals surface area contributed by atoms with Crippen LogP contribution in [0.3, 0.4) is 0 Å². The third-order valence-corrected chi connectivity index (χ3v) is 5.86. The lowest BCUT2D eigenvalue weighted by atomic mass is 10.3. The minimum absolute atomic E-state index is 0.140. The lowest BCUT2D eigenvalue weighted by Crippen LogP contribution is -2.29. The average Bonchev–Trinajstić information content (AvgIpc) is 2.67. The molecule has 1 N–H and O–H groups in total. The zero-order chi connectivity index (χ0) is 13.1. The van der Waals surface area contributed by atoms with Crippen molar-refractivity contribution in [1.29, 1.82) is 0 Å². The highest BCUT2D eigenvalue weighted by Crippen LogP contribution is 2.25. The number of sulfonamides is 1. The molecule has 0 saturated heterocycles. The molecule has 1 rings (SSSR count). The molecule has 0 atom stereocenters. The van der Waals surface area contributed by atoms with E-state index in [0.717, 1.165) is 11.3 Å². The number of carboxylic acid groups (broad SMARTS) is 1. The molecule has 0 bridgehead atoms. The van der Waals surface area contributed by atoms with E-state index in [4.69, 9.17) is 5.11 Å². The number of thiophene rings is 1. The van der Waals surface area contributed by atoms with Gasteiger partial charge in [0.2, 0.25) is 0 Å². The van der Waals surface area contributed by atoms with E-state index in [1.165, 1.54) is 10.4 Å². The molecule has 0 aliphatic carbocycles. The molecule has 0 spiro atoms. The van der Waals surface area contributed by atoms with Gasteiger partial charge in [-0.3, -0.25) is 4.79 Å². The van der Waals surface area contributed by atoms with Gasteiger partial charge in [0.25, 0.3) is 10.0 Å². The molecule has 0 unspecified atom stereocenters. The van der Waals surface area contributed by atoms with Crippen LogP contribution in [0.5, 0.6) is 0 Å². The Morgan fingerprint density at radius 2 is 1.94 bits per heavy atom. The molecular weight excluding hydrogens is 262 g/mol. The quantitative estimate of drug-likeness (QED) is 0.853. The molecule has 1 aromatic rings. The fourth-order valence-electron chi connectivity index (χ4n) is 1.43. The van der Waals surface area contributed by atoms with E-state index in [-0.39, 0.29) is 10.6 Å². The van der Waals surface area contributed by atoms with Gasteiger partial charge in [0.1, 0.15) is 4.21 Å². The van der Waals surface area contributed by atoms with E-state index < -0.39 is 16.0 Å². The number of rotatable bonds is 6. The number of hydrogen-bond donors (Lipinski definition) is 1. The molecule has 0 amide bonds. The molecule has 0 saturated carbocycles. The van der Waals surface area contributed by atoms with Crippen molar-refractivity contribution < 1.29 is 18.3 Å². The summed E-state index contributed by atoms with van der Waals surface area (Å²) in [6, 6.07) is 3.02. The van der Waals surface area contributed by atoms with Gasteiger partial charge in [0.15, 0.2) is 0 Å². The van der Waals surface area contributed by atoms with Crippen molar-refractivity contribution in [3.63, 3.8) is 0 Å². The fourth-order valence-corrected chi connectivity index (χ4v) is 4.39. The maximum Gasteiger partial charge on any atom is 0.308 e. The molecule has 0 radical (unpaired) electrons. The van der Waals surface area contributed by atoms with Crippen LogP contribution in [0, 0.1) is 0 Å². The summed E-state index contributed by atoms with van der Waals surface area (Å²) in [4.78, 5) is 11.1. The summed E-state index contributed by atoms with van der Waals surface area (Å²) in [7, 11) is -3.46. The highest BCUT2D eigenvalue weighted by molar-refractivity contribution is 7.91. The van der Waals surface area contributed by atoms with Gasteiger partial charge in [-0.2, -0.15) is 4.31 Å². The first-order valence-electron chi connectivity index (χ1n) is 5.22. The number of hydrogen-bond acceptors (Lipinski definition) is 4. The second-order valence-electron chi connectivity index (χ2n) is 3.38. The van der Waals surface area contributed by atoms with E-state index in [9.17, 15) is 13.2 Å². The first-order valence-corrected chi connectivity index (χ1v) is 7.48. The molecule has 1 heterocycles. The summed E-state index contributed by atoms with van der Waals surface area (Å²) >= 11 is 1.02. The SMILES string of the molecule is CCN(CC)S(=O)(=O)c1ccc(CC(=O)O)s1. The minimum atomic E-state index is -3.46. The molecule has 0 fully saturated rings. The normalized spacial score (nSPS) is 11.9. The van der Waals surface area contributed by atoms with Crippen LogP contribution < -0.4 is 0 Å². The Labute approximate surface area is 105 Å². The van der Waals surface area contributed by atoms with E-state index in [1.807, 2.05) is 0 Å². The highest BCUT2D eigenvalue weighted by atomic mass is 32.2. The Balaban J connectivity index is 3.00. The Hall–Kier alpha value is -0.920. The predicted octanol–water partition coefficient (Wildman–Crippen LogP) is 1.41. The maximum absolute atomic E-state index is 12.1. The van der Waals surface area contributed by atoms with Crippen LogP contribution in [-0.4, -0.2) is 36.9 Å². The molecule has 0 aliphatic heterocycles. The number of nitrogens with zero attached hydrogens (tertiary/aromatic N) is 1. The highest BCUT2D eigenvalue weighted by Gasteiger charge is 2.23. The molecular formula is C10H15NO4S2. The van der Waals surface area contributed by atoms with E-state index in [0.29, 0.717) is 18.0 Å². The van der Waals surface area contributed by atoms with Gasteiger partial charge in [0, 0.05) is 18.0 Å². The van der Waals surface area contributed by atoms with Crippen molar-refractivity contribution in [3.8, 4) is 0 Å². The lowest BCUT2D eigenvalue weighted by Gasteiger charge is -2.16. The van der Waals surface area contributed by atoms with Gasteiger partial charge in [-0.05, 0) is 12.1 Å². The van der Waals surface area contributed by atoms with Gasteiger partial charge >= 0.3 is 5.97 Å². The Morgan fingerprint density at radius 3 is 2.41 bits per heavy atom. The van der Waals surface area contributed by atoms with Crippen LogP contribution in [0.25, 0.3) is 0 Å². The van der Waals surface area contributed by atoms with Crippen molar-refractivity contribution in [2.75, 3.05) is 13.1 Å². The topological polar surface area (TPSA) is 74.7 Å². The van der Waals surface area contributed by atoms with Crippen LogP contribution in [0.4, 0.5) is 0 Å². The van der Waals surface area contributed by atoms with Crippen molar-refractivity contribution in [2.45, 2.75) is 24.5 Å².